The van der Waals surface area contributed by atoms with Crippen LogP contribution in [0.1, 0.15) is 24.5 Å². The van der Waals surface area contributed by atoms with Crippen molar-refractivity contribution < 1.29 is 9.47 Å². The van der Waals surface area contributed by atoms with E-state index in [1.807, 2.05) is 36.6 Å². The normalized spacial score (nSPS) is 20.2. The maximum atomic E-state index is 6.24. The van der Waals surface area contributed by atoms with Gasteiger partial charge in [-0.3, -0.25) is 15.1 Å². The van der Waals surface area contributed by atoms with Crippen molar-refractivity contribution in [2.45, 2.75) is 24.9 Å². The molecule has 144 valence electrons. The van der Waals surface area contributed by atoms with Crippen LogP contribution in [0.3, 0.4) is 0 Å². The highest BCUT2D eigenvalue weighted by Gasteiger charge is 2.22. The number of nitrogens with zero attached hydrogens (tertiary/aromatic N) is 5. The Bertz CT molecular complexity index is 1010. The van der Waals surface area contributed by atoms with Crippen LogP contribution < -0.4 is 4.74 Å². The second-order valence-corrected chi connectivity index (χ2v) is 7.22. The Labute approximate surface area is 162 Å². The first-order chi connectivity index (χ1) is 13.8. The van der Waals surface area contributed by atoms with Crippen molar-refractivity contribution >= 4 is 17.1 Å². The number of H-pyrrole nitrogens is 1. The maximum absolute atomic E-state index is 6.24. The van der Waals surface area contributed by atoms with Gasteiger partial charge >= 0.3 is 0 Å². The Kier molecular flexibility index (Phi) is 4.40. The van der Waals surface area contributed by atoms with Gasteiger partial charge in [0.1, 0.15) is 11.8 Å². The van der Waals surface area contributed by atoms with Crippen LogP contribution in [0.2, 0.25) is 0 Å². The summed E-state index contributed by atoms with van der Waals surface area (Å²) in [5, 5.41) is 14.8. The molecular weight excluding hydrogens is 356 g/mol. The van der Waals surface area contributed by atoms with Crippen LogP contribution in [0.5, 0.6) is 5.88 Å². The predicted molar refractivity (Wildman–Crippen MR) is 105 cm³/mol. The zero-order valence-electron chi connectivity index (χ0n) is 15.7. The van der Waals surface area contributed by atoms with Gasteiger partial charge in [-0.1, -0.05) is 0 Å². The molecule has 3 aromatic rings. The summed E-state index contributed by atoms with van der Waals surface area (Å²) < 4.78 is 11.7. The first-order valence-electron chi connectivity index (χ1n) is 9.57. The summed E-state index contributed by atoms with van der Waals surface area (Å²) in [5.74, 6) is 0.805. The van der Waals surface area contributed by atoms with Gasteiger partial charge in [0.25, 0.3) is 0 Å². The summed E-state index contributed by atoms with van der Waals surface area (Å²) in [7, 11) is 1.97. The van der Waals surface area contributed by atoms with Gasteiger partial charge in [-0.05, 0) is 18.2 Å². The van der Waals surface area contributed by atoms with Gasteiger partial charge in [0.05, 0.1) is 35.7 Å². The van der Waals surface area contributed by atoms with Crippen molar-refractivity contribution in [3.8, 4) is 17.1 Å². The molecule has 0 spiro atoms. The van der Waals surface area contributed by atoms with Gasteiger partial charge < -0.3 is 9.47 Å². The van der Waals surface area contributed by atoms with Gasteiger partial charge in [0.2, 0.25) is 5.88 Å². The second-order valence-electron chi connectivity index (χ2n) is 7.22. The lowest BCUT2D eigenvalue weighted by atomic mass is 10.0. The van der Waals surface area contributed by atoms with E-state index in [2.05, 4.69) is 31.3 Å². The monoisotopic (exact) mass is 378 g/mol. The van der Waals surface area contributed by atoms with E-state index in [4.69, 9.17) is 9.47 Å². The molecule has 28 heavy (non-hydrogen) atoms. The largest absolute Gasteiger partial charge is 0.474 e. The number of ether oxygens (including phenoxy) is 2. The summed E-state index contributed by atoms with van der Waals surface area (Å²) in [6.45, 7) is 2.28. The van der Waals surface area contributed by atoms with E-state index in [-0.39, 0.29) is 12.0 Å². The Hall–Kier alpha value is -3.00. The molecule has 0 saturated carbocycles. The minimum absolute atomic E-state index is 0.118. The van der Waals surface area contributed by atoms with Crippen LogP contribution in [0.15, 0.2) is 35.7 Å². The van der Waals surface area contributed by atoms with E-state index < -0.39 is 0 Å². The molecule has 3 aromatic heterocycles. The average molecular weight is 378 g/mol. The molecule has 1 unspecified atom stereocenters. The van der Waals surface area contributed by atoms with Crippen molar-refractivity contribution in [3.05, 3.63) is 36.3 Å². The fourth-order valence-corrected chi connectivity index (χ4v) is 3.73. The van der Waals surface area contributed by atoms with Crippen LogP contribution in [0.4, 0.5) is 0 Å². The average Bonchev–Trinajstić information content (AvgIpc) is 3.36. The first-order valence-corrected chi connectivity index (χ1v) is 9.57. The number of aromatic amines is 1. The number of rotatable bonds is 4. The fraction of sp³-hybridized carbons (Fsp3) is 0.400. The highest BCUT2D eigenvalue weighted by Crippen LogP contribution is 2.34. The van der Waals surface area contributed by atoms with Crippen LogP contribution >= 0.6 is 0 Å². The zero-order chi connectivity index (χ0) is 18.9. The van der Waals surface area contributed by atoms with Crippen LogP contribution in [-0.2, 0) is 4.74 Å². The number of aromatic nitrogens is 4. The standard InChI is InChI=1S/C20H22N6O2/c1-26-12-14(11-23-26)17-10-13(2-6-21-17)19-18-16(24-25-19)3-7-22-20(18)28-15-4-8-27-9-5-15/h2-3,6-7,10-11,14-15H,4-5,8-9,12H2,1H3,(H,24,25). The molecule has 0 amide bonds. The molecule has 0 aromatic carbocycles. The summed E-state index contributed by atoms with van der Waals surface area (Å²) in [6, 6.07) is 5.97. The second kappa shape index (κ2) is 7.20. The van der Waals surface area contributed by atoms with Gasteiger partial charge in [-0.2, -0.15) is 10.2 Å². The van der Waals surface area contributed by atoms with Gasteiger partial charge in [0, 0.05) is 50.6 Å². The van der Waals surface area contributed by atoms with E-state index in [1.54, 1.807) is 6.20 Å². The van der Waals surface area contributed by atoms with Gasteiger partial charge in [0.15, 0.2) is 0 Å². The van der Waals surface area contributed by atoms with E-state index in [9.17, 15) is 0 Å². The lowest BCUT2D eigenvalue weighted by molar-refractivity contribution is 0.0244. The fourth-order valence-electron chi connectivity index (χ4n) is 3.73. The lowest BCUT2D eigenvalue weighted by Gasteiger charge is -2.23. The van der Waals surface area contributed by atoms with E-state index in [0.29, 0.717) is 5.88 Å². The topological polar surface area (TPSA) is 88.5 Å². The SMILES string of the molecule is CN1CC(c2cc(-c3n[nH]c4ccnc(OC5CCOCC5)c34)ccn2)C=N1. The summed E-state index contributed by atoms with van der Waals surface area (Å²) >= 11 is 0. The molecule has 1 saturated heterocycles. The number of fused-ring (bicyclic) bond motifs is 1. The van der Waals surface area contributed by atoms with Crippen molar-refractivity contribution in [2.75, 3.05) is 26.8 Å². The number of hydrogen-bond donors (Lipinski definition) is 1. The Balaban J connectivity index is 1.52. The number of likely N-dealkylation sites (N-methyl/N-ethyl adjacent to an activating group) is 1. The highest BCUT2D eigenvalue weighted by molar-refractivity contribution is 5.96. The van der Waals surface area contributed by atoms with Crippen molar-refractivity contribution in [1.29, 1.82) is 0 Å². The maximum Gasteiger partial charge on any atom is 0.225 e. The van der Waals surface area contributed by atoms with E-state index in [1.165, 1.54) is 0 Å². The zero-order valence-corrected chi connectivity index (χ0v) is 15.7. The molecule has 1 atom stereocenters. The third kappa shape index (κ3) is 3.20. The quantitative estimate of drug-likeness (QED) is 0.751. The summed E-state index contributed by atoms with van der Waals surface area (Å²) in [4.78, 5) is 9.05. The molecule has 8 nitrogen and oxygen atoms in total. The minimum atomic E-state index is 0.118. The molecule has 1 N–H and O–H groups in total. The summed E-state index contributed by atoms with van der Waals surface area (Å²) in [5.41, 5.74) is 3.71. The molecule has 0 bridgehead atoms. The van der Waals surface area contributed by atoms with Crippen molar-refractivity contribution in [2.24, 2.45) is 5.10 Å². The molecular formula is C20H22N6O2. The van der Waals surface area contributed by atoms with Crippen LogP contribution in [-0.4, -0.2) is 64.3 Å². The highest BCUT2D eigenvalue weighted by atomic mass is 16.5. The molecule has 5 heterocycles. The molecule has 1 fully saturated rings. The molecule has 8 heteroatoms. The molecule has 0 aliphatic carbocycles. The molecule has 5 rings (SSSR count). The smallest absolute Gasteiger partial charge is 0.225 e. The van der Waals surface area contributed by atoms with E-state index >= 15 is 0 Å². The lowest BCUT2D eigenvalue weighted by Crippen LogP contribution is -2.26. The third-order valence-electron chi connectivity index (χ3n) is 5.23. The Morgan fingerprint density at radius 1 is 1.18 bits per heavy atom. The Morgan fingerprint density at radius 3 is 2.86 bits per heavy atom. The third-order valence-corrected chi connectivity index (χ3v) is 5.23. The van der Waals surface area contributed by atoms with Crippen molar-refractivity contribution in [3.63, 3.8) is 0 Å². The van der Waals surface area contributed by atoms with Gasteiger partial charge in [-0.15, -0.1) is 0 Å². The van der Waals surface area contributed by atoms with Crippen LogP contribution in [0.25, 0.3) is 22.2 Å². The Morgan fingerprint density at radius 2 is 2.04 bits per heavy atom. The predicted octanol–water partition coefficient (Wildman–Crippen LogP) is 2.59. The first kappa shape index (κ1) is 17.1. The molecule has 2 aliphatic rings. The summed E-state index contributed by atoms with van der Waals surface area (Å²) in [6.07, 6.45) is 7.39. The number of hydrogen-bond acceptors (Lipinski definition) is 7. The van der Waals surface area contributed by atoms with E-state index in [0.717, 1.165) is 60.5 Å². The number of hydrazone groups is 1. The van der Waals surface area contributed by atoms with Gasteiger partial charge in [-0.25, -0.2) is 4.98 Å². The number of nitrogens with one attached hydrogen (secondary N) is 1. The molecule has 2 aliphatic heterocycles. The van der Waals surface area contributed by atoms with Crippen molar-refractivity contribution in [1.82, 2.24) is 25.2 Å². The number of pyridine rings is 2. The molecule has 0 radical (unpaired) electrons. The minimum Gasteiger partial charge on any atom is -0.474 e. The van der Waals surface area contributed by atoms with Crippen LogP contribution in [0, 0.1) is 0 Å².